The molecule has 0 atom stereocenters. The maximum Gasteiger partial charge on any atom is 0.435 e. The molecule has 0 radical (unpaired) electrons. The van der Waals surface area contributed by atoms with Crippen molar-refractivity contribution in [3.63, 3.8) is 0 Å². The average molecular weight is 832 g/mol. The van der Waals surface area contributed by atoms with E-state index >= 15 is 0 Å². The Bertz CT molecular complexity index is 2090. The fraction of sp³-hybridized carbons (Fsp3) is 0.432. The van der Waals surface area contributed by atoms with E-state index in [4.69, 9.17) is 28.8 Å². The van der Waals surface area contributed by atoms with E-state index in [0.29, 0.717) is 75.2 Å². The number of pyridine rings is 1. The normalized spacial score (nSPS) is 13.5. The first-order chi connectivity index (χ1) is 27.6. The molecule has 58 heavy (non-hydrogen) atoms. The van der Waals surface area contributed by atoms with Crippen LogP contribution in [0.1, 0.15) is 52.4 Å². The van der Waals surface area contributed by atoms with Crippen LogP contribution in [0.4, 0.5) is 24.5 Å². The smallest absolute Gasteiger partial charge is 0.435 e. The lowest BCUT2D eigenvalue weighted by molar-refractivity contribution is -0.921. The van der Waals surface area contributed by atoms with Gasteiger partial charge in [0.2, 0.25) is 5.91 Å². The maximum absolute atomic E-state index is 14.1. The van der Waals surface area contributed by atoms with Crippen LogP contribution in [0.5, 0.6) is 0 Å². The first-order valence-corrected chi connectivity index (χ1v) is 19.0. The minimum Gasteiger partial charge on any atom is -0.477 e. The maximum atomic E-state index is 14.1. The second-order valence-electron chi connectivity index (χ2n) is 14.1. The summed E-state index contributed by atoms with van der Waals surface area (Å²) in [5.74, 6) is -2.22. The molecule has 0 bridgehead atoms. The van der Waals surface area contributed by atoms with Crippen LogP contribution in [-0.4, -0.2) is 133 Å². The molecule has 17 nitrogen and oxygen atoms in total. The fourth-order valence-electron chi connectivity index (χ4n) is 7.01. The molecule has 0 saturated carbocycles. The molecule has 0 aliphatic carbocycles. The van der Waals surface area contributed by atoms with E-state index in [9.17, 15) is 37.5 Å². The van der Waals surface area contributed by atoms with Crippen LogP contribution in [0, 0.1) is 0 Å². The summed E-state index contributed by atoms with van der Waals surface area (Å²) in [7, 11) is 1.39. The van der Waals surface area contributed by atoms with Gasteiger partial charge in [-0.15, -0.1) is 0 Å². The second kappa shape index (κ2) is 18.8. The predicted octanol–water partition coefficient (Wildman–Crippen LogP) is 2.84. The van der Waals surface area contributed by atoms with Crippen LogP contribution < -0.4 is 22.5 Å². The monoisotopic (exact) mass is 831 g/mol. The topological polar surface area (TPSA) is 234 Å². The molecule has 1 fully saturated rings. The predicted molar refractivity (Wildman–Crippen MR) is 209 cm³/mol. The standard InChI is InChI=1S/C37H46ClF3N12O5/c1-49-29(27-22-52(48-33(27)37(39,40)41)30-9-6-24(44)20-45-30)21-46-34(49)35(57)47-25-7-8-26(28(38)19-25)36(58)51-14-12-50(13-15-51)31(54)5-2-16-53(17-3-10-42,18-4-11-43)23-32(55)56/h6-9,19-22H,2-5,10-18,23,42-44H2,1H3,(H-,47,55,56,57,58)/p+1. The van der Waals surface area contributed by atoms with Gasteiger partial charge in [-0.1, -0.05) is 11.6 Å². The summed E-state index contributed by atoms with van der Waals surface area (Å²) in [6, 6.07) is 7.19. The zero-order valence-electron chi connectivity index (χ0n) is 31.9. The number of nitrogen functional groups attached to an aromatic ring is 1. The number of alkyl halides is 3. The molecular formula is C37H47ClF3N12O5+. The minimum absolute atomic E-state index is 0.0337. The van der Waals surface area contributed by atoms with Crippen molar-refractivity contribution in [2.75, 3.05) is 76.5 Å². The number of anilines is 2. The number of amides is 3. The van der Waals surface area contributed by atoms with E-state index in [1.165, 1.54) is 48.1 Å². The first kappa shape index (κ1) is 43.6. The first-order valence-electron chi connectivity index (χ1n) is 18.6. The van der Waals surface area contributed by atoms with Crippen molar-refractivity contribution in [3.05, 3.63) is 71.0 Å². The van der Waals surface area contributed by atoms with Gasteiger partial charge in [0.05, 0.1) is 59.6 Å². The van der Waals surface area contributed by atoms with E-state index in [2.05, 4.69) is 20.4 Å². The summed E-state index contributed by atoms with van der Waals surface area (Å²) in [6.07, 6.45) is 0.768. The fourth-order valence-corrected chi connectivity index (χ4v) is 7.27. The number of nitrogens with two attached hydrogens (primary N) is 3. The minimum atomic E-state index is -4.84. The van der Waals surface area contributed by atoms with Crippen molar-refractivity contribution in [3.8, 4) is 17.1 Å². The molecule has 5 rings (SSSR count). The number of aliphatic carboxylic acids is 1. The van der Waals surface area contributed by atoms with E-state index in [1.807, 2.05) is 0 Å². The molecule has 4 heterocycles. The summed E-state index contributed by atoms with van der Waals surface area (Å²) in [4.78, 5) is 62.9. The Morgan fingerprint density at radius 2 is 1.59 bits per heavy atom. The van der Waals surface area contributed by atoms with Gasteiger partial charge in [-0.3, -0.25) is 14.4 Å². The van der Waals surface area contributed by atoms with E-state index in [1.54, 1.807) is 9.80 Å². The van der Waals surface area contributed by atoms with Crippen LogP contribution in [0.25, 0.3) is 17.1 Å². The number of aromatic nitrogens is 5. The Hall–Kier alpha value is -5.57. The third kappa shape index (κ3) is 10.5. The lowest BCUT2D eigenvalue weighted by Gasteiger charge is -2.38. The van der Waals surface area contributed by atoms with Gasteiger partial charge in [0.25, 0.3) is 11.8 Å². The highest BCUT2D eigenvalue weighted by Crippen LogP contribution is 2.37. The number of hydrogen-bond acceptors (Lipinski definition) is 10. The summed E-state index contributed by atoms with van der Waals surface area (Å²) in [6.45, 7) is 3.63. The highest BCUT2D eigenvalue weighted by Gasteiger charge is 2.39. The van der Waals surface area contributed by atoms with Gasteiger partial charge in [-0.25, -0.2) is 19.4 Å². The number of carboxylic acids is 1. The van der Waals surface area contributed by atoms with Gasteiger partial charge in [0, 0.05) is 70.8 Å². The molecule has 1 aliphatic heterocycles. The number of quaternary nitrogens is 1. The number of imidazole rings is 1. The highest BCUT2D eigenvalue weighted by molar-refractivity contribution is 6.34. The molecule has 8 N–H and O–H groups in total. The second-order valence-corrected chi connectivity index (χ2v) is 14.5. The van der Waals surface area contributed by atoms with Crippen molar-refractivity contribution < 1.29 is 41.9 Å². The Balaban J connectivity index is 1.18. The van der Waals surface area contributed by atoms with Gasteiger partial charge >= 0.3 is 12.1 Å². The summed E-state index contributed by atoms with van der Waals surface area (Å²) < 4.78 is 44.7. The van der Waals surface area contributed by atoms with E-state index in [0.717, 1.165) is 17.1 Å². The number of halogens is 4. The summed E-state index contributed by atoms with van der Waals surface area (Å²) >= 11 is 6.51. The van der Waals surface area contributed by atoms with Crippen molar-refractivity contribution in [2.45, 2.75) is 31.9 Å². The average Bonchev–Trinajstić information content (AvgIpc) is 3.80. The van der Waals surface area contributed by atoms with Gasteiger partial charge in [-0.05, 0) is 43.4 Å². The molecule has 3 aromatic heterocycles. The molecule has 312 valence electrons. The third-order valence-corrected chi connectivity index (χ3v) is 10.3. The number of benzene rings is 1. The Morgan fingerprint density at radius 3 is 2.17 bits per heavy atom. The lowest BCUT2D eigenvalue weighted by atomic mass is 10.1. The lowest BCUT2D eigenvalue weighted by Crippen LogP contribution is -2.54. The van der Waals surface area contributed by atoms with Crippen molar-refractivity contribution in [1.82, 2.24) is 34.1 Å². The van der Waals surface area contributed by atoms with Crippen LogP contribution >= 0.6 is 11.6 Å². The third-order valence-electron chi connectivity index (χ3n) is 10.00. The van der Waals surface area contributed by atoms with Gasteiger partial charge in [0.1, 0.15) is 0 Å². The van der Waals surface area contributed by atoms with Crippen molar-refractivity contribution >= 4 is 46.7 Å². The zero-order chi connectivity index (χ0) is 42.2. The Morgan fingerprint density at radius 1 is 0.931 bits per heavy atom. The quantitative estimate of drug-likeness (QED) is 0.0971. The molecule has 3 amide bonds. The van der Waals surface area contributed by atoms with Crippen LogP contribution in [-0.2, 0) is 22.8 Å². The molecule has 4 aromatic rings. The molecular weight excluding hydrogens is 785 g/mol. The zero-order valence-corrected chi connectivity index (χ0v) is 32.7. The number of rotatable bonds is 17. The van der Waals surface area contributed by atoms with Crippen molar-refractivity contribution in [1.29, 1.82) is 0 Å². The van der Waals surface area contributed by atoms with Gasteiger partial charge < -0.3 is 46.5 Å². The molecule has 1 aromatic carbocycles. The molecule has 1 aliphatic rings. The van der Waals surface area contributed by atoms with Crippen LogP contribution in [0.3, 0.4) is 0 Å². The van der Waals surface area contributed by atoms with Crippen LogP contribution in [0.15, 0.2) is 48.9 Å². The molecule has 0 spiro atoms. The van der Waals surface area contributed by atoms with Crippen molar-refractivity contribution in [2.24, 2.45) is 18.5 Å². The number of piperazine rings is 1. The van der Waals surface area contributed by atoms with Crippen LogP contribution in [0.2, 0.25) is 5.02 Å². The van der Waals surface area contributed by atoms with E-state index in [-0.39, 0.29) is 77.0 Å². The molecule has 0 unspecified atom stereocenters. The van der Waals surface area contributed by atoms with Gasteiger partial charge in [-0.2, -0.15) is 18.3 Å². The number of nitrogens with zero attached hydrogens (tertiary/aromatic N) is 8. The Kier molecular flexibility index (Phi) is 14.1. The SMILES string of the molecule is Cn1c(-c2cn(-c3ccc(N)cn3)nc2C(F)(F)F)cnc1C(=O)Nc1ccc(C(=O)N2CCN(C(=O)CCC[N+](CCCN)(CCCN)CC(=O)O)CC2)c(Cl)c1. The summed E-state index contributed by atoms with van der Waals surface area (Å²) in [5.41, 5.74) is 16.2. The Labute approximate surface area is 337 Å². The molecule has 1 saturated heterocycles. The van der Waals surface area contributed by atoms with Gasteiger partial charge in [0.15, 0.2) is 23.9 Å². The highest BCUT2D eigenvalue weighted by atomic mass is 35.5. The number of carboxylic acid groups (broad SMARTS) is 1. The largest absolute Gasteiger partial charge is 0.477 e. The number of carbonyl (C=O) groups is 4. The molecule has 21 heteroatoms. The number of hydrogen-bond donors (Lipinski definition) is 5. The number of nitrogens with one attached hydrogen (secondary N) is 1. The number of carbonyl (C=O) groups excluding carboxylic acids is 3. The summed E-state index contributed by atoms with van der Waals surface area (Å²) in [5, 5.41) is 15.9. The van der Waals surface area contributed by atoms with E-state index < -0.39 is 23.7 Å².